The van der Waals surface area contributed by atoms with Crippen molar-refractivity contribution in [1.82, 2.24) is 24.2 Å². The molecule has 1 atom stereocenters. The van der Waals surface area contributed by atoms with Gasteiger partial charge in [-0.05, 0) is 51.1 Å². The molecule has 0 amide bonds. The van der Waals surface area contributed by atoms with Crippen molar-refractivity contribution < 1.29 is 5.11 Å². The fourth-order valence-electron chi connectivity index (χ4n) is 4.45. The van der Waals surface area contributed by atoms with E-state index in [1.165, 1.54) is 5.56 Å². The highest BCUT2D eigenvalue weighted by molar-refractivity contribution is 5.73. The van der Waals surface area contributed by atoms with Gasteiger partial charge in [-0.3, -0.25) is 9.36 Å². The molecule has 1 N–H and O–H groups in total. The molecule has 1 saturated heterocycles. The van der Waals surface area contributed by atoms with Crippen molar-refractivity contribution in [3.05, 3.63) is 58.8 Å². The molecule has 3 heterocycles. The fraction of sp³-hybridized carbons (Fsp3) is 0.542. The average molecular weight is 424 g/mol. The Morgan fingerprint density at radius 1 is 1.13 bits per heavy atom. The molecule has 0 radical (unpaired) electrons. The zero-order valence-electron chi connectivity index (χ0n) is 18.7. The second-order valence-corrected chi connectivity index (χ2v) is 9.26. The first-order valence-corrected chi connectivity index (χ1v) is 11.3. The molecule has 1 aliphatic rings. The van der Waals surface area contributed by atoms with Crippen molar-refractivity contribution in [2.24, 2.45) is 0 Å². The van der Waals surface area contributed by atoms with Crippen LogP contribution >= 0.6 is 0 Å². The molecule has 4 rings (SSSR count). The van der Waals surface area contributed by atoms with Crippen LogP contribution in [0.3, 0.4) is 0 Å². The van der Waals surface area contributed by atoms with Crippen LogP contribution in [0.1, 0.15) is 57.6 Å². The summed E-state index contributed by atoms with van der Waals surface area (Å²) in [5, 5.41) is 16.0. The van der Waals surface area contributed by atoms with Gasteiger partial charge in [-0.1, -0.05) is 37.3 Å². The highest BCUT2D eigenvalue weighted by atomic mass is 16.3. The average Bonchev–Trinajstić information content (AvgIpc) is 3.21. The van der Waals surface area contributed by atoms with Crippen molar-refractivity contribution in [3.63, 3.8) is 0 Å². The summed E-state index contributed by atoms with van der Waals surface area (Å²) < 4.78 is 3.30. The van der Waals surface area contributed by atoms with E-state index in [-0.39, 0.29) is 18.1 Å². The van der Waals surface area contributed by atoms with Crippen molar-refractivity contribution in [3.8, 4) is 0 Å². The second kappa shape index (κ2) is 8.93. The van der Waals surface area contributed by atoms with E-state index in [1.54, 1.807) is 21.8 Å². The normalized spacial score (nSPS) is 18.0. The van der Waals surface area contributed by atoms with Gasteiger partial charge < -0.3 is 10.0 Å². The van der Waals surface area contributed by atoms with Gasteiger partial charge in [0.1, 0.15) is 11.7 Å². The first kappa shape index (κ1) is 21.7. The Kier molecular flexibility index (Phi) is 6.25. The number of piperidine rings is 1. The number of aromatic nitrogens is 4. The van der Waals surface area contributed by atoms with E-state index >= 15 is 0 Å². The zero-order chi connectivity index (χ0) is 22.0. The Morgan fingerprint density at radius 2 is 1.84 bits per heavy atom. The highest BCUT2D eigenvalue weighted by Crippen LogP contribution is 2.26. The van der Waals surface area contributed by atoms with E-state index in [1.807, 2.05) is 13.8 Å². The van der Waals surface area contributed by atoms with Crippen LogP contribution in [0, 0.1) is 0 Å². The maximum absolute atomic E-state index is 12.9. The maximum Gasteiger partial charge on any atom is 0.264 e. The lowest BCUT2D eigenvalue weighted by Gasteiger charge is -2.38. The molecule has 0 saturated carbocycles. The van der Waals surface area contributed by atoms with Crippen LogP contribution in [-0.2, 0) is 6.54 Å². The van der Waals surface area contributed by atoms with E-state index in [2.05, 4.69) is 52.2 Å². The molecule has 166 valence electrons. The number of hydrogen-bond acceptors (Lipinski definition) is 5. The van der Waals surface area contributed by atoms with Crippen LogP contribution in [0.5, 0.6) is 0 Å². The summed E-state index contributed by atoms with van der Waals surface area (Å²) in [6.07, 6.45) is 5.55. The molecule has 0 unspecified atom stereocenters. The molecule has 0 spiro atoms. The quantitative estimate of drug-likeness (QED) is 0.632. The van der Waals surface area contributed by atoms with Gasteiger partial charge >= 0.3 is 0 Å². The summed E-state index contributed by atoms with van der Waals surface area (Å²) in [5.41, 5.74) is 0.962. The van der Waals surface area contributed by atoms with E-state index in [9.17, 15) is 9.90 Å². The van der Waals surface area contributed by atoms with Crippen molar-refractivity contribution in [2.45, 2.75) is 64.1 Å². The van der Waals surface area contributed by atoms with Gasteiger partial charge in [0.15, 0.2) is 5.65 Å². The molecule has 1 fully saturated rings. The molecule has 7 nitrogen and oxygen atoms in total. The number of hydrogen-bond donors (Lipinski definition) is 1. The van der Waals surface area contributed by atoms with Gasteiger partial charge in [0.25, 0.3) is 5.56 Å². The lowest BCUT2D eigenvalue weighted by Crippen LogP contribution is -2.48. The van der Waals surface area contributed by atoms with Gasteiger partial charge in [-0.15, -0.1) is 0 Å². The molecule has 0 aliphatic carbocycles. The number of nitrogens with zero attached hydrogens (tertiary/aromatic N) is 5. The molecule has 2 aromatic heterocycles. The minimum Gasteiger partial charge on any atom is -0.388 e. The first-order chi connectivity index (χ1) is 14.9. The third-order valence-corrected chi connectivity index (χ3v) is 6.57. The van der Waals surface area contributed by atoms with Crippen molar-refractivity contribution >= 4 is 11.0 Å². The Labute approximate surface area is 183 Å². The van der Waals surface area contributed by atoms with E-state index in [0.717, 1.165) is 26.1 Å². The van der Waals surface area contributed by atoms with Gasteiger partial charge in [-0.2, -0.15) is 5.10 Å². The highest BCUT2D eigenvalue weighted by Gasteiger charge is 2.33. The van der Waals surface area contributed by atoms with Gasteiger partial charge in [0.2, 0.25) is 0 Å². The molecule has 3 aromatic rings. The largest absolute Gasteiger partial charge is 0.388 e. The number of benzene rings is 1. The minimum absolute atomic E-state index is 0.135. The summed E-state index contributed by atoms with van der Waals surface area (Å²) in [6.45, 7) is 9.27. The molecule has 31 heavy (non-hydrogen) atoms. The second-order valence-electron chi connectivity index (χ2n) is 9.26. The van der Waals surface area contributed by atoms with Crippen LogP contribution in [0.4, 0.5) is 0 Å². The Hall–Kier alpha value is -2.51. The molecule has 7 heteroatoms. The van der Waals surface area contributed by atoms with E-state index in [4.69, 9.17) is 0 Å². The first-order valence-electron chi connectivity index (χ1n) is 11.3. The smallest absolute Gasteiger partial charge is 0.264 e. The van der Waals surface area contributed by atoms with Crippen molar-refractivity contribution in [2.75, 3.05) is 19.6 Å². The number of likely N-dealkylation sites (tertiary alicyclic amines) is 1. The van der Waals surface area contributed by atoms with Gasteiger partial charge in [0.05, 0.1) is 18.3 Å². The molecular weight excluding hydrogens is 390 g/mol. The molecule has 1 aliphatic heterocycles. The van der Waals surface area contributed by atoms with Gasteiger partial charge in [0, 0.05) is 19.1 Å². The summed E-state index contributed by atoms with van der Waals surface area (Å²) in [5.74, 6) is 0.519. The summed E-state index contributed by atoms with van der Waals surface area (Å²) in [7, 11) is 0. The third kappa shape index (κ3) is 4.72. The molecular formula is C24H33N5O2. The summed E-state index contributed by atoms with van der Waals surface area (Å²) in [4.78, 5) is 19.8. The van der Waals surface area contributed by atoms with Crippen LogP contribution in [0.25, 0.3) is 11.0 Å². The zero-order valence-corrected chi connectivity index (χ0v) is 18.7. The number of aliphatic hydroxyl groups is 1. The molecule has 1 aromatic carbocycles. The minimum atomic E-state index is -0.880. The summed E-state index contributed by atoms with van der Waals surface area (Å²) >= 11 is 0. The van der Waals surface area contributed by atoms with E-state index < -0.39 is 5.60 Å². The maximum atomic E-state index is 12.9. The van der Waals surface area contributed by atoms with Crippen molar-refractivity contribution in [1.29, 1.82) is 0 Å². The summed E-state index contributed by atoms with van der Waals surface area (Å²) in [6, 6.07) is 10.7. The Balaban J connectivity index is 1.36. The van der Waals surface area contributed by atoms with Gasteiger partial charge in [-0.25, -0.2) is 9.67 Å². The van der Waals surface area contributed by atoms with Crippen LogP contribution in [0.2, 0.25) is 0 Å². The lowest BCUT2D eigenvalue weighted by atomic mass is 9.90. The topological polar surface area (TPSA) is 76.2 Å². The SMILES string of the molecule is CC(C)n1ncc2c(=O)n(CC3(O)CCN(CC[C@@H](C)c4ccccc4)CC3)cnc21. The standard InChI is InChI=1S/C24H33N5O2/c1-18(2)29-22-21(15-26-29)23(30)28(17-25-22)16-24(31)10-13-27(14-11-24)12-9-19(3)20-7-5-4-6-8-20/h4-8,15,17-19,31H,9-14,16H2,1-3H3/t19-/m1/s1. The number of fused-ring (bicyclic) bond motifs is 1. The Bertz CT molecular complexity index is 1060. The predicted octanol–water partition coefficient (Wildman–Crippen LogP) is 3.19. The Morgan fingerprint density at radius 3 is 2.52 bits per heavy atom. The van der Waals surface area contributed by atoms with Crippen LogP contribution < -0.4 is 5.56 Å². The van der Waals surface area contributed by atoms with Crippen LogP contribution in [-0.4, -0.2) is 54.6 Å². The lowest BCUT2D eigenvalue weighted by molar-refractivity contribution is -0.0351. The predicted molar refractivity (Wildman–Crippen MR) is 122 cm³/mol. The van der Waals surface area contributed by atoms with E-state index in [0.29, 0.717) is 29.8 Å². The fourth-order valence-corrected chi connectivity index (χ4v) is 4.45. The van der Waals surface area contributed by atoms with Crippen LogP contribution in [0.15, 0.2) is 47.7 Å². The molecule has 0 bridgehead atoms. The monoisotopic (exact) mass is 423 g/mol. The number of rotatable bonds is 7. The third-order valence-electron chi connectivity index (χ3n) is 6.57.